The van der Waals surface area contributed by atoms with Crippen LogP contribution >= 0.6 is 27.5 Å². The summed E-state index contributed by atoms with van der Waals surface area (Å²) in [6.45, 7) is 0. The standard InChI is InChI=1S/C13H16BrCl/c14-12-6-4-11(5-7-12)13(10-15)8-2-1-3-9-13/h4-7H,1-3,8-10H2. The molecule has 2 heteroatoms. The van der Waals surface area contributed by atoms with Gasteiger partial charge < -0.3 is 0 Å². The van der Waals surface area contributed by atoms with E-state index in [4.69, 9.17) is 11.6 Å². The number of alkyl halides is 1. The molecular weight excluding hydrogens is 272 g/mol. The van der Waals surface area contributed by atoms with Crippen LogP contribution in [0.1, 0.15) is 37.7 Å². The smallest absolute Gasteiger partial charge is 0.0320 e. The van der Waals surface area contributed by atoms with Crippen molar-refractivity contribution >= 4 is 27.5 Å². The first-order valence-corrected chi connectivity index (χ1v) is 6.92. The normalized spacial score (nSPS) is 20.1. The quantitative estimate of drug-likeness (QED) is 0.679. The lowest BCUT2D eigenvalue weighted by atomic mass is 9.71. The van der Waals surface area contributed by atoms with E-state index in [9.17, 15) is 0 Å². The fourth-order valence-corrected chi connectivity index (χ4v) is 3.22. The van der Waals surface area contributed by atoms with Gasteiger partial charge in [-0.1, -0.05) is 47.3 Å². The lowest BCUT2D eigenvalue weighted by molar-refractivity contribution is 0.324. The molecule has 0 spiro atoms. The molecule has 0 aromatic heterocycles. The van der Waals surface area contributed by atoms with Gasteiger partial charge in [-0.05, 0) is 30.5 Å². The summed E-state index contributed by atoms with van der Waals surface area (Å²) >= 11 is 9.68. The summed E-state index contributed by atoms with van der Waals surface area (Å²) in [6, 6.07) is 8.69. The molecule has 0 nitrogen and oxygen atoms in total. The lowest BCUT2D eigenvalue weighted by Crippen LogP contribution is -2.30. The van der Waals surface area contributed by atoms with Crippen LogP contribution in [-0.4, -0.2) is 5.88 Å². The van der Waals surface area contributed by atoms with Crippen LogP contribution in [0.5, 0.6) is 0 Å². The molecule has 1 aliphatic rings. The van der Waals surface area contributed by atoms with Gasteiger partial charge in [0, 0.05) is 15.8 Å². The van der Waals surface area contributed by atoms with Crippen LogP contribution in [0.15, 0.2) is 28.7 Å². The van der Waals surface area contributed by atoms with Crippen molar-refractivity contribution in [1.82, 2.24) is 0 Å². The molecule has 0 atom stereocenters. The Hall–Kier alpha value is -0.0100. The van der Waals surface area contributed by atoms with E-state index in [-0.39, 0.29) is 5.41 Å². The Morgan fingerprint density at radius 3 is 2.20 bits per heavy atom. The fraction of sp³-hybridized carbons (Fsp3) is 0.538. The molecule has 0 radical (unpaired) electrons. The van der Waals surface area contributed by atoms with Gasteiger partial charge in [0.2, 0.25) is 0 Å². The maximum Gasteiger partial charge on any atom is 0.0320 e. The SMILES string of the molecule is ClCC1(c2ccc(Br)cc2)CCCCC1. The van der Waals surface area contributed by atoms with E-state index < -0.39 is 0 Å². The molecule has 1 saturated carbocycles. The monoisotopic (exact) mass is 286 g/mol. The van der Waals surface area contributed by atoms with Gasteiger partial charge in [-0.3, -0.25) is 0 Å². The molecule has 0 saturated heterocycles. The minimum atomic E-state index is 0.251. The summed E-state index contributed by atoms with van der Waals surface area (Å²) in [5.74, 6) is 0.759. The topological polar surface area (TPSA) is 0 Å². The first-order valence-electron chi connectivity index (χ1n) is 5.59. The third-order valence-electron chi connectivity index (χ3n) is 3.52. The van der Waals surface area contributed by atoms with E-state index in [0.29, 0.717) is 0 Å². The molecule has 15 heavy (non-hydrogen) atoms. The predicted octanol–water partition coefficient (Wildman–Crippen LogP) is 4.89. The van der Waals surface area contributed by atoms with Crippen LogP contribution in [-0.2, 0) is 5.41 Å². The Labute approximate surface area is 105 Å². The minimum Gasteiger partial charge on any atom is -0.126 e. The number of hydrogen-bond donors (Lipinski definition) is 0. The highest BCUT2D eigenvalue weighted by molar-refractivity contribution is 9.10. The van der Waals surface area contributed by atoms with Crippen molar-refractivity contribution in [3.8, 4) is 0 Å². The molecule has 0 aliphatic heterocycles. The van der Waals surface area contributed by atoms with Gasteiger partial charge in [-0.2, -0.15) is 0 Å². The highest BCUT2D eigenvalue weighted by atomic mass is 79.9. The summed E-state index contributed by atoms with van der Waals surface area (Å²) < 4.78 is 1.15. The molecule has 0 bridgehead atoms. The van der Waals surface area contributed by atoms with E-state index in [0.717, 1.165) is 10.4 Å². The van der Waals surface area contributed by atoms with Gasteiger partial charge in [0.25, 0.3) is 0 Å². The van der Waals surface area contributed by atoms with Crippen LogP contribution in [0.25, 0.3) is 0 Å². The molecular formula is C13H16BrCl. The number of benzene rings is 1. The van der Waals surface area contributed by atoms with E-state index >= 15 is 0 Å². The summed E-state index contributed by atoms with van der Waals surface area (Å²) in [6.07, 6.45) is 6.51. The fourth-order valence-electron chi connectivity index (χ4n) is 2.53. The zero-order valence-corrected chi connectivity index (χ0v) is 11.1. The van der Waals surface area contributed by atoms with Crippen LogP contribution in [0, 0.1) is 0 Å². The predicted molar refractivity (Wildman–Crippen MR) is 69.6 cm³/mol. The molecule has 2 rings (SSSR count). The van der Waals surface area contributed by atoms with Gasteiger partial charge in [0.1, 0.15) is 0 Å². The summed E-state index contributed by atoms with van der Waals surface area (Å²) in [5.41, 5.74) is 1.67. The van der Waals surface area contributed by atoms with Crippen molar-refractivity contribution in [1.29, 1.82) is 0 Å². The summed E-state index contributed by atoms with van der Waals surface area (Å²) in [7, 11) is 0. The lowest BCUT2D eigenvalue weighted by Gasteiger charge is -2.36. The molecule has 82 valence electrons. The molecule has 1 aromatic rings. The second kappa shape index (κ2) is 4.88. The average molecular weight is 288 g/mol. The summed E-state index contributed by atoms with van der Waals surface area (Å²) in [4.78, 5) is 0. The van der Waals surface area contributed by atoms with Crippen molar-refractivity contribution in [2.24, 2.45) is 0 Å². The first-order chi connectivity index (χ1) is 7.27. The third kappa shape index (κ3) is 2.39. The molecule has 1 fully saturated rings. The van der Waals surface area contributed by atoms with E-state index in [1.807, 2.05) is 0 Å². The number of rotatable bonds is 2. The van der Waals surface area contributed by atoms with E-state index in [1.165, 1.54) is 37.7 Å². The van der Waals surface area contributed by atoms with Gasteiger partial charge in [0.05, 0.1) is 0 Å². The number of hydrogen-bond acceptors (Lipinski definition) is 0. The van der Waals surface area contributed by atoms with Gasteiger partial charge >= 0.3 is 0 Å². The second-order valence-electron chi connectivity index (χ2n) is 4.48. The van der Waals surface area contributed by atoms with Crippen molar-refractivity contribution in [2.45, 2.75) is 37.5 Å². The average Bonchev–Trinajstić information content (AvgIpc) is 2.31. The zero-order chi connectivity index (χ0) is 10.7. The van der Waals surface area contributed by atoms with Crippen molar-refractivity contribution in [2.75, 3.05) is 5.88 Å². The maximum absolute atomic E-state index is 6.20. The Balaban J connectivity index is 2.28. The molecule has 0 unspecified atom stereocenters. The molecule has 0 N–H and O–H groups in total. The van der Waals surface area contributed by atoms with Gasteiger partial charge in [-0.15, -0.1) is 11.6 Å². The largest absolute Gasteiger partial charge is 0.126 e. The van der Waals surface area contributed by atoms with Gasteiger partial charge in [0.15, 0.2) is 0 Å². The summed E-state index contributed by atoms with van der Waals surface area (Å²) in [5, 5.41) is 0. The third-order valence-corrected chi connectivity index (χ3v) is 4.56. The van der Waals surface area contributed by atoms with E-state index in [2.05, 4.69) is 40.2 Å². The second-order valence-corrected chi connectivity index (χ2v) is 5.66. The van der Waals surface area contributed by atoms with Crippen LogP contribution < -0.4 is 0 Å². The Bertz CT molecular complexity index is 312. The molecule has 0 heterocycles. The molecule has 1 aliphatic carbocycles. The molecule has 0 amide bonds. The maximum atomic E-state index is 6.20. The van der Waals surface area contributed by atoms with Crippen LogP contribution in [0.3, 0.4) is 0 Å². The van der Waals surface area contributed by atoms with Gasteiger partial charge in [-0.25, -0.2) is 0 Å². The van der Waals surface area contributed by atoms with Crippen molar-refractivity contribution in [3.05, 3.63) is 34.3 Å². The highest BCUT2D eigenvalue weighted by Crippen LogP contribution is 2.40. The van der Waals surface area contributed by atoms with Crippen molar-refractivity contribution in [3.63, 3.8) is 0 Å². The van der Waals surface area contributed by atoms with Crippen LogP contribution in [0.4, 0.5) is 0 Å². The first kappa shape index (κ1) is 11.5. The minimum absolute atomic E-state index is 0.251. The molecule has 1 aromatic carbocycles. The Kier molecular flexibility index (Phi) is 3.73. The zero-order valence-electron chi connectivity index (χ0n) is 8.81. The van der Waals surface area contributed by atoms with Crippen molar-refractivity contribution < 1.29 is 0 Å². The Morgan fingerprint density at radius 2 is 1.67 bits per heavy atom. The Morgan fingerprint density at radius 1 is 1.07 bits per heavy atom. The van der Waals surface area contributed by atoms with E-state index in [1.54, 1.807) is 0 Å². The highest BCUT2D eigenvalue weighted by Gasteiger charge is 2.32. The number of halogens is 2. The van der Waals surface area contributed by atoms with Crippen LogP contribution in [0.2, 0.25) is 0 Å².